The number of primary amides is 1. The summed E-state index contributed by atoms with van der Waals surface area (Å²) in [5, 5.41) is 0. The number of amides is 1. The van der Waals surface area contributed by atoms with Crippen molar-refractivity contribution >= 4 is 21.8 Å². The normalized spacial score (nSPS) is 21.4. The molecule has 1 aromatic rings. The van der Waals surface area contributed by atoms with Crippen LogP contribution in [0, 0.1) is 0 Å². The molecule has 0 aliphatic carbocycles. The summed E-state index contributed by atoms with van der Waals surface area (Å²) in [4.78, 5) is 13.4. The minimum Gasteiger partial charge on any atom is -0.378 e. The van der Waals surface area contributed by atoms with E-state index in [1.807, 2.05) is 24.3 Å². The number of morpholine rings is 1. The lowest BCUT2D eigenvalue weighted by Crippen LogP contribution is -2.51. The third-order valence-corrected chi connectivity index (χ3v) is 3.34. The molecule has 0 bridgehead atoms. The van der Waals surface area contributed by atoms with Crippen molar-refractivity contribution in [1.29, 1.82) is 0 Å². The molecule has 1 saturated heterocycles. The number of benzene rings is 1. The smallest absolute Gasteiger partial charge is 0.237 e. The van der Waals surface area contributed by atoms with E-state index in [9.17, 15) is 4.79 Å². The van der Waals surface area contributed by atoms with E-state index in [4.69, 9.17) is 10.5 Å². The highest BCUT2D eigenvalue weighted by molar-refractivity contribution is 9.10. The van der Waals surface area contributed by atoms with Crippen molar-refractivity contribution in [3.8, 4) is 0 Å². The third kappa shape index (κ3) is 3.28. The molecule has 1 heterocycles. The van der Waals surface area contributed by atoms with Gasteiger partial charge in [0, 0.05) is 17.6 Å². The molecule has 2 N–H and O–H groups in total. The standard InChI is InChI=1S/C12H15BrN2O2/c13-10-3-1-2-9(6-10)7-15-4-5-17-8-11(15)12(14)16/h1-3,6,11H,4-5,7-8H2,(H2,14,16). The Kier molecular flexibility index (Phi) is 4.15. The third-order valence-electron chi connectivity index (χ3n) is 2.84. The van der Waals surface area contributed by atoms with Gasteiger partial charge in [0.25, 0.3) is 0 Å². The summed E-state index contributed by atoms with van der Waals surface area (Å²) in [5.74, 6) is -0.320. The van der Waals surface area contributed by atoms with Gasteiger partial charge in [-0.15, -0.1) is 0 Å². The first-order valence-corrected chi connectivity index (χ1v) is 6.31. The van der Waals surface area contributed by atoms with Gasteiger partial charge in [-0.1, -0.05) is 28.1 Å². The Hall–Kier alpha value is -0.910. The largest absolute Gasteiger partial charge is 0.378 e. The molecule has 0 spiro atoms. The van der Waals surface area contributed by atoms with Gasteiger partial charge in [-0.2, -0.15) is 0 Å². The Morgan fingerprint density at radius 1 is 1.59 bits per heavy atom. The summed E-state index contributed by atoms with van der Waals surface area (Å²) in [6.07, 6.45) is 0. The Labute approximate surface area is 109 Å². The van der Waals surface area contributed by atoms with E-state index in [-0.39, 0.29) is 11.9 Å². The summed E-state index contributed by atoms with van der Waals surface area (Å²) < 4.78 is 6.32. The number of carbonyl (C=O) groups is 1. The van der Waals surface area contributed by atoms with Crippen LogP contribution in [0.1, 0.15) is 5.56 Å². The SMILES string of the molecule is NC(=O)C1COCCN1Cc1cccc(Br)c1. The highest BCUT2D eigenvalue weighted by Gasteiger charge is 2.27. The minimum atomic E-state index is -0.320. The Bertz CT molecular complexity index is 411. The average molecular weight is 299 g/mol. The summed E-state index contributed by atoms with van der Waals surface area (Å²) >= 11 is 3.44. The summed E-state index contributed by atoms with van der Waals surface area (Å²) in [6.45, 7) is 2.50. The van der Waals surface area contributed by atoms with E-state index in [0.29, 0.717) is 13.2 Å². The van der Waals surface area contributed by atoms with E-state index >= 15 is 0 Å². The Morgan fingerprint density at radius 3 is 3.12 bits per heavy atom. The van der Waals surface area contributed by atoms with Crippen LogP contribution in [0.3, 0.4) is 0 Å². The lowest BCUT2D eigenvalue weighted by molar-refractivity contribution is -0.129. The van der Waals surface area contributed by atoms with Crippen LogP contribution in [0.2, 0.25) is 0 Å². The quantitative estimate of drug-likeness (QED) is 0.910. The highest BCUT2D eigenvalue weighted by atomic mass is 79.9. The Morgan fingerprint density at radius 2 is 2.41 bits per heavy atom. The van der Waals surface area contributed by atoms with Gasteiger partial charge in [0.15, 0.2) is 0 Å². The predicted octanol–water partition coefficient (Wildman–Crippen LogP) is 1.14. The van der Waals surface area contributed by atoms with Gasteiger partial charge >= 0.3 is 0 Å². The average Bonchev–Trinajstić information content (AvgIpc) is 2.29. The lowest BCUT2D eigenvalue weighted by atomic mass is 10.1. The maximum absolute atomic E-state index is 11.3. The monoisotopic (exact) mass is 298 g/mol. The van der Waals surface area contributed by atoms with E-state index in [2.05, 4.69) is 20.8 Å². The zero-order chi connectivity index (χ0) is 12.3. The van der Waals surface area contributed by atoms with E-state index < -0.39 is 0 Å². The van der Waals surface area contributed by atoms with Gasteiger partial charge in [0.1, 0.15) is 6.04 Å². The number of carbonyl (C=O) groups excluding carboxylic acids is 1. The van der Waals surface area contributed by atoms with Crippen LogP contribution >= 0.6 is 15.9 Å². The molecule has 1 aliphatic heterocycles. The zero-order valence-corrected chi connectivity index (χ0v) is 11.0. The van der Waals surface area contributed by atoms with Crippen LogP contribution in [-0.2, 0) is 16.1 Å². The minimum absolute atomic E-state index is 0.317. The molecule has 1 aromatic carbocycles. The van der Waals surface area contributed by atoms with Crippen LogP contribution in [-0.4, -0.2) is 36.6 Å². The number of nitrogens with zero attached hydrogens (tertiary/aromatic N) is 1. The van der Waals surface area contributed by atoms with Crippen LogP contribution in [0.15, 0.2) is 28.7 Å². The van der Waals surface area contributed by atoms with Crippen LogP contribution in [0.4, 0.5) is 0 Å². The van der Waals surface area contributed by atoms with Gasteiger partial charge in [-0.05, 0) is 17.7 Å². The molecule has 1 amide bonds. The molecular weight excluding hydrogens is 284 g/mol. The van der Waals surface area contributed by atoms with E-state index in [0.717, 1.165) is 23.1 Å². The number of nitrogens with two attached hydrogens (primary N) is 1. The first-order valence-electron chi connectivity index (χ1n) is 5.52. The van der Waals surface area contributed by atoms with Gasteiger partial charge < -0.3 is 10.5 Å². The predicted molar refractivity (Wildman–Crippen MR) is 68.4 cm³/mol. The summed E-state index contributed by atoms with van der Waals surface area (Å²) in [5.41, 5.74) is 6.53. The second kappa shape index (κ2) is 5.62. The summed E-state index contributed by atoms with van der Waals surface area (Å²) in [6, 6.07) is 7.74. The second-order valence-corrected chi connectivity index (χ2v) is 5.01. The molecule has 0 radical (unpaired) electrons. The van der Waals surface area contributed by atoms with Crippen molar-refractivity contribution in [2.75, 3.05) is 19.8 Å². The number of rotatable bonds is 3. The fourth-order valence-corrected chi connectivity index (χ4v) is 2.41. The van der Waals surface area contributed by atoms with Gasteiger partial charge in [0.05, 0.1) is 13.2 Å². The first kappa shape index (κ1) is 12.5. The highest BCUT2D eigenvalue weighted by Crippen LogP contribution is 2.16. The van der Waals surface area contributed by atoms with Crippen molar-refractivity contribution in [2.24, 2.45) is 5.73 Å². The number of halogens is 1. The Balaban J connectivity index is 2.08. The van der Waals surface area contributed by atoms with Gasteiger partial charge in [0.2, 0.25) is 5.91 Å². The number of hydrogen-bond acceptors (Lipinski definition) is 3. The van der Waals surface area contributed by atoms with Crippen molar-refractivity contribution in [2.45, 2.75) is 12.6 Å². The van der Waals surface area contributed by atoms with Gasteiger partial charge in [-0.3, -0.25) is 9.69 Å². The van der Waals surface area contributed by atoms with E-state index in [1.54, 1.807) is 0 Å². The molecule has 92 valence electrons. The van der Waals surface area contributed by atoms with Crippen LogP contribution < -0.4 is 5.73 Å². The van der Waals surface area contributed by atoms with Crippen molar-refractivity contribution in [3.63, 3.8) is 0 Å². The molecule has 4 nitrogen and oxygen atoms in total. The fraction of sp³-hybridized carbons (Fsp3) is 0.417. The first-order chi connectivity index (χ1) is 8.16. The van der Waals surface area contributed by atoms with Crippen molar-refractivity contribution < 1.29 is 9.53 Å². The molecule has 1 unspecified atom stereocenters. The molecule has 17 heavy (non-hydrogen) atoms. The molecule has 0 aromatic heterocycles. The van der Waals surface area contributed by atoms with Crippen molar-refractivity contribution in [3.05, 3.63) is 34.3 Å². The van der Waals surface area contributed by atoms with E-state index in [1.165, 1.54) is 0 Å². The number of hydrogen-bond donors (Lipinski definition) is 1. The van der Waals surface area contributed by atoms with Gasteiger partial charge in [-0.25, -0.2) is 0 Å². The number of ether oxygens (including phenoxy) is 1. The molecule has 2 rings (SSSR count). The molecular formula is C12H15BrN2O2. The second-order valence-electron chi connectivity index (χ2n) is 4.09. The molecule has 5 heteroatoms. The van der Waals surface area contributed by atoms with Crippen LogP contribution in [0.25, 0.3) is 0 Å². The maximum atomic E-state index is 11.3. The lowest BCUT2D eigenvalue weighted by Gasteiger charge is -2.33. The molecule has 1 atom stereocenters. The zero-order valence-electron chi connectivity index (χ0n) is 9.43. The van der Waals surface area contributed by atoms with Crippen LogP contribution in [0.5, 0.6) is 0 Å². The topological polar surface area (TPSA) is 55.6 Å². The van der Waals surface area contributed by atoms with Crippen molar-refractivity contribution in [1.82, 2.24) is 4.90 Å². The maximum Gasteiger partial charge on any atom is 0.237 e. The molecule has 1 aliphatic rings. The molecule has 0 saturated carbocycles. The fourth-order valence-electron chi connectivity index (χ4n) is 1.96. The molecule has 1 fully saturated rings. The summed E-state index contributed by atoms with van der Waals surface area (Å²) in [7, 11) is 0.